The lowest BCUT2D eigenvalue weighted by Crippen LogP contribution is -2.24. The van der Waals surface area contributed by atoms with Crippen molar-refractivity contribution in [3.63, 3.8) is 0 Å². The fourth-order valence-corrected chi connectivity index (χ4v) is 2.85. The molecule has 0 atom stereocenters. The molecule has 0 unspecified atom stereocenters. The van der Waals surface area contributed by atoms with Crippen LogP contribution >= 0.6 is 23.1 Å². The Morgan fingerprint density at radius 2 is 2.24 bits per heavy atom. The standard InChI is InChI=1S/C11H11F3N4OS2/c1-18-9(11(12,13)14)16-17-10(18)21-6-8(19)15-5-7-3-2-4-20-7/h2-4H,5-6H2,1H3,(H,15,19). The summed E-state index contributed by atoms with van der Waals surface area (Å²) in [5.41, 5.74) is 0. The van der Waals surface area contributed by atoms with Gasteiger partial charge in [-0.2, -0.15) is 13.2 Å². The van der Waals surface area contributed by atoms with Gasteiger partial charge >= 0.3 is 6.18 Å². The first-order valence-corrected chi connectivity index (χ1v) is 7.63. The molecule has 0 spiro atoms. The van der Waals surface area contributed by atoms with Gasteiger partial charge in [0.25, 0.3) is 0 Å². The van der Waals surface area contributed by atoms with E-state index in [-0.39, 0.29) is 16.8 Å². The first kappa shape index (κ1) is 15.8. The fraction of sp³-hybridized carbons (Fsp3) is 0.364. The number of carbonyl (C=O) groups is 1. The van der Waals surface area contributed by atoms with Crippen LogP contribution in [0, 0.1) is 0 Å². The van der Waals surface area contributed by atoms with Gasteiger partial charge in [0, 0.05) is 11.9 Å². The summed E-state index contributed by atoms with van der Waals surface area (Å²) in [6, 6.07) is 3.76. The van der Waals surface area contributed by atoms with Crippen LogP contribution in [-0.4, -0.2) is 26.4 Å². The Morgan fingerprint density at radius 3 is 2.81 bits per heavy atom. The van der Waals surface area contributed by atoms with E-state index in [4.69, 9.17) is 0 Å². The van der Waals surface area contributed by atoms with Gasteiger partial charge in [-0.3, -0.25) is 4.79 Å². The summed E-state index contributed by atoms with van der Waals surface area (Å²) in [5, 5.41) is 11.2. The number of amides is 1. The van der Waals surface area contributed by atoms with Crippen molar-refractivity contribution < 1.29 is 18.0 Å². The van der Waals surface area contributed by atoms with Crippen molar-refractivity contribution in [1.82, 2.24) is 20.1 Å². The van der Waals surface area contributed by atoms with Gasteiger partial charge in [-0.1, -0.05) is 17.8 Å². The highest BCUT2D eigenvalue weighted by molar-refractivity contribution is 7.99. The van der Waals surface area contributed by atoms with E-state index in [0.717, 1.165) is 21.2 Å². The lowest BCUT2D eigenvalue weighted by molar-refractivity contribution is -0.147. The van der Waals surface area contributed by atoms with Crippen LogP contribution in [0.4, 0.5) is 13.2 Å². The maximum atomic E-state index is 12.5. The molecule has 0 aromatic carbocycles. The zero-order valence-electron chi connectivity index (χ0n) is 10.8. The first-order valence-electron chi connectivity index (χ1n) is 5.76. The molecule has 2 aromatic rings. The minimum Gasteiger partial charge on any atom is -0.350 e. The number of nitrogens with one attached hydrogen (secondary N) is 1. The number of thiophene rings is 1. The Labute approximate surface area is 126 Å². The minimum atomic E-state index is -4.55. The number of thioether (sulfide) groups is 1. The average molecular weight is 336 g/mol. The van der Waals surface area contributed by atoms with Crippen LogP contribution in [0.25, 0.3) is 0 Å². The molecule has 2 heterocycles. The second-order valence-electron chi connectivity index (χ2n) is 4.01. The molecule has 0 saturated carbocycles. The van der Waals surface area contributed by atoms with Gasteiger partial charge < -0.3 is 9.88 Å². The number of hydrogen-bond acceptors (Lipinski definition) is 5. The van der Waals surface area contributed by atoms with E-state index in [1.54, 1.807) is 0 Å². The van der Waals surface area contributed by atoms with E-state index in [0.29, 0.717) is 6.54 Å². The normalized spacial score (nSPS) is 11.6. The Morgan fingerprint density at radius 1 is 1.48 bits per heavy atom. The molecule has 2 aromatic heterocycles. The smallest absolute Gasteiger partial charge is 0.350 e. The Balaban J connectivity index is 1.85. The molecule has 21 heavy (non-hydrogen) atoms. The van der Waals surface area contributed by atoms with Gasteiger partial charge in [-0.05, 0) is 11.4 Å². The quantitative estimate of drug-likeness (QED) is 0.851. The molecular formula is C11H11F3N4OS2. The van der Waals surface area contributed by atoms with Crippen molar-refractivity contribution in [2.24, 2.45) is 7.05 Å². The predicted molar refractivity (Wildman–Crippen MR) is 72.9 cm³/mol. The molecule has 0 fully saturated rings. The van der Waals surface area contributed by atoms with Crippen LogP contribution in [0.2, 0.25) is 0 Å². The SMILES string of the molecule is Cn1c(SCC(=O)NCc2cccs2)nnc1C(F)(F)F. The first-order chi connectivity index (χ1) is 9.88. The number of alkyl halides is 3. The second-order valence-corrected chi connectivity index (χ2v) is 5.98. The molecule has 0 aliphatic carbocycles. The van der Waals surface area contributed by atoms with Gasteiger partial charge in [-0.25, -0.2) is 0 Å². The van der Waals surface area contributed by atoms with Crippen LogP contribution in [0.15, 0.2) is 22.7 Å². The van der Waals surface area contributed by atoms with Crippen molar-refractivity contribution in [3.05, 3.63) is 28.2 Å². The van der Waals surface area contributed by atoms with Crippen LogP contribution in [-0.2, 0) is 24.6 Å². The van der Waals surface area contributed by atoms with E-state index in [1.165, 1.54) is 18.4 Å². The summed E-state index contributed by atoms with van der Waals surface area (Å²) in [4.78, 5) is 12.6. The van der Waals surface area contributed by atoms with E-state index >= 15 is 0 Å². The third-order valence-electron chi connectivity index (χ3n) is 2.46. The van der Waals surface area contributed by atoms with Gasteiger partial charge in [0.05, 0.1) is 12.3 Å². The second kappa shape index (κ2) is 6.48. The molecule has 0 aliphatic rings. The average Bonchev–Trinajstić information content (AvgIpc) is 3.02. The van der Waals surface area contributed by atoms with Crippen molar-refractivity contribution in [2.75, 3.05) is 5.75 Å². The van der Waals surface area contributed by atoms with Crippen molar-refractivity contribution in [2.45, 2.75) is 17.9 Å². The lowest BCUT2D eigenvalue weighted by atomic mass is 10.4. The van der Waals surface area contributed by atoms with Crippen molar-refractivity contribution in [1.29, 1.82) is 0 Å². The number of carbonyl (C=O) groups excluding carboxylic acids is 1. The summed E-state index contributed by atoms with van der Waals surface area (Å²) in [7, 11) is 1.22. The van der Waals surface area contributed by atoms with E-state index in [1.807, 2.05) is 17.5 Å². The molecule has 10 heteroatoms. The largest absolute Gasteiger partial charge is 0.451 e. The third kappa shape index (κ3) is 4.21. The number of halogens is 3. The number of aromatic nitrogens is 3. The summed E-state index contributed by atoms with van der Waals surface area (Å²) < 4.78 is 38.4. The third-order valence-corrected chi connectivity index (χ3v) is 4.36. The number of nitrogens with zero attached hydrogens (tertiary/aromatic N) is 3. The molecule has 0 radical (unpaired) electrons. The van der Waals surface area contributed by atoms with Gasteiger partial charge in [-0.15, -0.1) is 21.5 Å². The Bertz CT molecular complexity index is 610. The van der Waals surface area contributed by atoms with E-state index in [2.05, 4.69) is 15.5 Å². The number of rotatable bonds is 5. The molecule has 5 nitrogen and oxygen atoms in total. The molecule has 0 aliphatic heterocycles. The Kier molecular flexibility index (Phi) is 4.88. The summed E-state index contributed by atoms with van der Waals surface area (Å²) >= 11 is 2.42. The van der Waals surface area contributed by atoms with Crippen LogP contribution in [0.1, 0.15) is 10.7 Å². The molecule has 0 saturated heterocycles. The zero-order chi connectivity index (χ0) is 15.5. The zero-order valence-corrected chi connectivity index (χ0v) is 12.5. The lowest BCUT2D eigenvalue weighted by Gasteiger charge is -2.06. The molecule has 1 N–H and O–H groups in total. The van der Waals surface area contributed by atoms with E-state index < -0.39 is 12.0 Å². The van der Waals surface area contributed by atoms with Crippen LogP contribution < -0.4 is 5.32 Å². The van der Waals surface area contributed by atoms with Gasteiger partial charge in [0.2, 0.25) is 11.7 Å². The van der Waals surface area contributed by atoms with Crippen LogP contribution in [0.5, 0.6) is 0 Å². The van der Waals surface area contributed by atoms with Gasteiger partial charge in [0.1, 0.15) is 0 Å². The molecule has 1 amide bonds. The Hall–Kier alpha value is -1.55. The predicted octanol–water partition coefficient (Wildman–Crippen LogP) is 2.30. The fourth-order valence-electron chi connectivity index (χ4n) is 1.47. The van der Waals surface area contributed by atoms with Gasteiger partial charge in [0.15, 0.2) is 5.16 Å². The topological polar surface area (TPSA) is 59.8 Å². The maximum Gasteiger partial charge on any atom is 0.451 e. The monoisotopic (exact) mass is 336 g/mol. The van der Waals surface area contributed by atoms with Crippen LogP contribution in [0.3, 0.4) is 0 Å². The number of hydrogen-bond donors (Lipinski definition) is 1. The molecule has 2 rings (SSSR count). The highest BCUT2D eigenvalue weighted by Gasteiger charge is 2.37. The summed E-state index contributed by atoms with van der Waals surface area (Å²) in [5.74, 6) is -1.37. The molecule has 0 bridgehead atoms. The summed E-state index contributed by atoms with van der Waals surface area (Å²) in [6.45, 7) is 0.406. The molecular weight excluding hydrogens is 325 g/mol. The van der Waals surface area contributed by atoms with Crippen molar-refractivity contribution >= 4 is 29.0 Å². The molecule has 114 valence electrons. The summed E-state index contributed by atoms with van der Waals surface area (Å²) in [6.07, 6.45) is -4.55. The van der Waals surface area contributed by atoms with Crippen molar-refractivity contribution in [3.8, 4) is 0 Å². The highest BCUT2D eigenvalue weighted by Crippen LogP contribution is 2.29. The maximum absolute atomic E-state index is 12.5. The van der Waals surface area contributed by atoms with E-state index in [9.17, 15) is 18.0 Å². The minimum absolute atomic E-state index is 0.0186. The highest BCUT2D eigenvalue weighted by atomic mass is 32.2.